The third-order valence-electron chi connectivity index (χ3n) is 4.58. The molecule has 0 saturated carbocycles. The number of amides is 1. The van der Waals surface area contributed by atoms with Crippen molar-refractivity contribution < 1.29 is 27.5 Å². The van der Waals surface area contributed by atoms with Crippen LogP contribution in [-0.2, 0) is 19.6 Å². The van der Waals surface area contributed by atoms with Crippen LogP contribution >= 0.6 is 22.9 Å². The Balaban J connectivity index is 1.61. The number of halogens is 1. The zero-order valence-corrected chi connectivity index (χ0v) is 20.4. The van der Waals surface area contributed by atoms with Gasteiger partial charge < -0.3 is 14.8 Å². The van der Waals surface area contributed by atoms with Crippen LogP contribution in [0.5, 0.6) is 5.75 Å². The van der Waals surface area contributed by atoms with Crippen LogP contribution in [0.15, 0.2) is 47.4 Å². The molecule has 0 fully saturated rings. The summed E-state index contributed by atoms with van der Waals surface area (Å²) in [6.07, 6.45) is 1.60. The number of hydrogen-bond acceptors (Lipinski definition) is 7. The maximum Gasteiger partial charge on any atom is 0.348 e. The highest BCUT2D eigenvalue weighted by atomic mass is 35.5. The van der Waals surface area contributed by atoms with Crippen LogP contribution in [0, 0.1) is 0 Å². The zero-order valence-electron chi connectivity index (χ0n) is 18.0. The minimum Gasteiger partial charge on any atom is -0.482 e. The van der Waals surface area contributed by atoms with E-state index in [1.54, 1.807) is 24.3 Å². The van der Waals surface area contributed by atoms with Crippen molar-refractivity contribution in [1.82, 2.24) is 4.72 Å². The average Bonchev–Trinajstić information content (AvgIpc) is 3.21. The summed E-state index contributed by atoms with van der Waals surface area (Å²) >= 11 is 7.46. The molecule has 33 heavy (non-hydrogen) atoms. The van der Waals surface area contributed by atoms with Gasteiger partial charge in [-0.25, -0.2) is 17.9 Å². The number of thiophene rings is 1. The molecule has 1 aromatic heterocycles. The number of fused-ring (bicyclic) bond motifs is 1. The van der Waals surface area contributed by atoms with E-state index in [1.807, 2.05) is 6.92 Å². The molecular formula is C22H23ClN2O6S2. The van der Waals surface area contributed by atoms with Crippen molar-refractivity contribution in [3.05, 3.63) is 52.4 Å². The molecule has 1 amide bonds. The van der Waals surface area contributed by atoms with Gasteiger partial charge in [-0.3, -0.25) is 4.79 Å². The molecule has 8 nitrogen and oxygen atoms in total. The van der Waals surface area contributed by atoms with Crippen molar-refractivity contribution in [2.75, 3.05) is 25.6 Å². The monoisotopic (exact) mass is 510 g/mol. The van der Waals surface area contributed by atoms with Crippen molar-refractivity contribution in [2.45, 2.75) is 24.7 Å². The van der Waals surface area contributed by atoms with E-state index in [-0.39, 0.29) is 22.3 Å². The number of anilines is 1. The van der Waals surface area contributed by atoms with E-state index in [1.165, 1.54) is 36.6 Å². The Morgan fingerprint density at radius 1 is 1.12 bits per heavy atom. The minimum absolute atomic E-state index is 0.0239. The lowest BCUT2D eigenvalue weighted by Gasteiger charge is -2.11. The summed E-state index contributed by atoms with van der Waals surface area (Å²) in [5, 5.41) is 3.59. The van der Waals surface area contributed by atoms with E-state index >= 15 is 0 Å². The van der Waals surface area contributed by atoms with E-state index in [0.717, 1.165) is 22.9 Å². The summed E-state index contributed by atoms with van der Waals surface area (Å²) in [4.78, 5) is 24.5. The molecule has 2 N–H and O–H groups in total. The highest BCUT2D eigenvalue weighted by molar-refractivity contribution is 7.89. The highest BCUT2D eigenvalue weighted by Gasteiger charge is 2.16. The van der Waals surface area contributed by atoms with Gasteiger partial charge >= 0.3 is 5.97 Å². The molecule has 11 heteroatoms. The van der Waals surface area contributed by atoms with E-state index in [2.05, 4.69) is 10.0 Å². The van der Waals surface area contributed by atoms with Gasteiger partial charge in [0.05, 0.1) is 17.0 Å². The molecule has 1 heterocycles. The van der Waals surface area contributed by atoms with Crippen LogP contribution in [0.25, 0.3) is 10.1 Å². The quantitative estimate of drug-likeness (QED) is 0.308. The standard InChI is InChI=1S/C22H23ClN2O6S2/c1-3-4-9-24-33(28,29)16-6-7-18(17(23)12-16)31-13-21(26)25-15-5-8-19-14(10-15)11-20(32-19)22(27)30-2/h5-8,10-12,24H,3-4,9,13H2,1-2H3,(H,25,26). The minimum atomic E-state index is -3.66. The third kappa shape index (κ3) is 6.44. The Kier molecular flexibility index (Phi) is 8.30. The number of carbonyl (C=O) groups excluding carboxylic acids is 2. The average molecular weight is 511 g/mol. The second kappa shape index (κ2) is 11.0. The number of rotatable bonds is 10. The van der Waals surface area contributed by atoms with Crippen molar-refractivity contribution in [3.8, 4) is 5.75 Å². The number of esters is 1. The Morgan fingerprint density at radius 2 is 1.91 bits per heavy atom. The summed E-state index contributed by atoms with van der Waals surface area (Å²) in [5.74, 6) is -0.648. The van der Waals surface area contributed by atoms with Crippen molar-refractivity contribution in [1.29, 1.82) is 0 Å². The topological polar surface area (TPSA) is 111 Å². The van der Waals surface area contributed by atoms with Gasteiger partial charge in [-0.05, 0) is 54.3 Å². The fourth-order valence-corrected chi connectivity index (χ4v) is 5.26. The van der Waals surface area contributed by atoms with Gasteiger partial charge in [0.15, 0.2) is 6.61 Å². The van der Waals surface area contributed by atoms with Crippen LogP contribution in [0.3, 0.4) is 0 Å². The van der Waals surface area contributed by atoms with Gasteiger partial charge in [0.1, 0.15) is 10.6 Å². The number of nitrogens with one attached hydrogen (secondary N) is 2. The maximum atomic E-state index is 12.3. The Hall–Kier alpha value is -2.66. The normalized spacial score (nSPS) is 11.4. The molecule has 0 radical (unpaired) electrons. The molecular weight excluding hydrogens is 488 g/mol. The van der Waals surface area contributed by atoms with Crippen LogP contribution in [0.1, 0.15) is 29.4 Å². The second-order valence-electron chi connectivity index (χ2n) is 7.04. The van der Waals surface area contributed by atoms with Crippen molar-refractivity contribution >= 4 is 60.6 Å². The van der Waals surface area contributed by atoms with Crippen LogP contribution < -0.4 is 14.8 Å². The number of ether oxygens (including phenoxy) is 2. The van der Waals surface area contributed by atoms with Gasteiger partial charge in [0.25, 0.3) is 5.91 Å². The van der Waals surface area contributed by atoms with Gasteiger partial charge in [0.2, 0.25) is 10.0 Å². The lowest BCUT2D eigenvalue weighted by molar-refractivity contribution is -0.118. The zero-order chi connectivity index (χ0) is 24.0. The third-order valence-corrected chi connectivity index (χ3v) is 7.43. The molecule has 176 valence electrons. The van der Waals surface area contributed by atoms with Crippen LogP contribution in [0.2, 0.25) is 5.02 Å². The smallest absolute Gasteiger partial charge is 0.348 e. The molecule has 2 aromatic carbocycles. The first-order valence-electron chi connectivity index (χ1n) is 10.1. The SMILES string of the molecule is CCCCNS(=O)(=O)c1ccc(OCC(=O)Nc2ccc3sc(C(=O)OC)cc3c2)c(Cl)c1. The van der Waals surface area contributed by atoms with Crippen molar-refractivity contribution in [3.63, 3.8) is 0 Å². The summed E-state index contributed by atoms with van der Waals surface area (Å²) < 4.78 is 38.2. The Labute approximate surface area is 200 Å². The first-order chi connectivity index (χ1) is 15.7. The van der Waals surface area contributed by atoms with Gasteiger partial charge in [0, 0.05) is 16.9 Å². The Bertz CT molecular complexity index is 1270. The molecule has 0 aliphatic rings. The van der Waals surface area contributed by atoms with Crippen molar-refractivity contribution in [2.24, 2.45) is 0 Å². The number of benzene rings is 2. The fourth-order valence-electron chi connectivity index (χ4n) is 2.90. The highest BCUT2D eigenvalue weighted by Crippen LogP contribution is 2.29. The predicted molar refractivity (Wildman–Crippen MR) is 129 cm³/mol. The Morgan fingerprint density at radius 3 is 2.61 bits per heavy atom. The van der Waals surface area contributed by atoms with Gasteiger partial charge in [-0.1, -0.05) is 24.9 Å². The van der Waals surface area contributed by atoms with E-state index < -0.39 is 21.9 Å². The first-order valence-corrected chi connectivity index (χ1v) is 12.7. The summed E-state index contributed by atoms with van der Waals surface area (Å²) in [6.45, 7) is 1.99. The summed E-state index contributed by atoms with van der Waals surface area (Å²) in [6, 6.07) is 11.0. The lowest BCUT2D eigenvalue weighted by Crippen LogP contribution is -2.24. The lowest BCUT2D eigenvalue weighted by atomic mass is 10.2. The molecule has 0 aliphatic heterocycles. The van der Waals surface area contributed by atoms with Crippen LogP contribution in [-0.4, -0.2) is 40.6 Å². The number of carbonyl (C=O) groups is 2. The molecule has 3 aromatic rings. The van der Waals surface area contributed by atoms with Gasteiger partial charge in [-0.2, -0.15) is 0 Å². The molecule has 0 saturated heterocycles. The predicted octanol–water partition coefficient (Wildman–Crippen LogP) is 4.44. The maximum absolute atomic E-state index is 12.3. The van der Waals surface area contributed by atoms with E-state index in [0.29, 0.717) is 17.1 Å². The molecule has 0 spiro atoms. The largest absolute Gasteiger partial charge is 0.482 e. The molecule has 0 aliphatic carbocycles. The molecule has 3 rings (SSSR count). The number of unbranched alkanes of at least 4 members (excludes halogenated alkanes) is 1. The fraction of sp³-hybridized carbons (Fsp3) is 0.273. The number of hydrogen-bond donors (Lipinski definition) is 2. The number of sulfonamides is 1. The van der Waals surface area contributed by atoms with E-state index in [9.17, 15) is 18.0 Å². The van der Waals surface area contributed by atoms with Crippen LogP contribution in [0.4, 0.5) is 5.69 Å². The molecule has 0 bridgehead atoms. The molecule has 0 unspecified atom stereocenters. The summed E-state index contributed by atoms with van der Waals surface area (Å²) in [5.41, 5.74) is 0.538. The molecule has 0 atom stereocenters. The first kappa shape index (κ1) is 25.0. The summed E-state index contributed by atoms with van der Waals surface area (Å²) in [7, 11) is -2.34. The second-order valence-corrected chi connectivity index (χ2v) is 10.3. The van der Waals surface area contributed by atoms with Gasteiger partial charge in [-0.15, -0.1) is 11.3 Å². The number of methoxy groups -OCH3 is 1. The van der Waals surface area contributed by atoms with E-state index in [4.69, 9.17) is 21.1 Å².